The number of amides is 1. The molecule has 1 amide bonds. The number of hydrogen-bond acceptors (Lipinski definition) is 2. The molecule has 3 nitrogen and oxygen atoms in total. The molecule has 1 aliphatic rings. The molecule has 0 unspecified atom stereocenters. The Morgan fingerprint density at radius 3 is 2.74 bits per heavy atom. The van der Waals surface area contributed by atoms with Gasteiger partial charge in [-0.25, -0.2) is 4.39 Å². The maximum absolute atomic E-state index is 13.1. The fourth-order valence-corrected chi connectivity index (χ4v) is 3.15. The Labute approximate surface area is 140 Å². The highest BCUT2D eigenvalue weighted by Crippen LogP contribution is 2.20. The highest BCUT2D eigenvalue weighted by molar-refractivity contribution is 6.31. The highest BCUT2D eigenvalue weighted by atomic mass is 35.5. The average molecular weight is 333 g/mol. The number of halogens is 2. The SMILES string of the molecule is O=C1CN(Cc2ccc(F)cc2Cl)C[C@H](Cc2ccccc2)N1. The summed E-state index contributed by atoms with van der Waals surface area (Å²) in [5, 5.41) is 3.43. The van der Waals surface area contributed by atoms with Crippen molar-refractivity contribution in [3.05, 3.63) is 70.5 Å². The topological polar surface area (TPSA) is 32.3 Å². The minimum atomic E-state index is -0.350. The van der Waals surface area contributed by atoms with Crippen LogP contribution in [0.1, 0.15) is 11.1 Å². The van der Waals surface area contributed by atoms with Gasteiger partial charge in [-0.2, -0.15) is 0 Å². The van der Waals surface area contributed by atoms with Crippen molar-refractivity contribution >= 4 is 17.5 Å². The Bertz CT molecular complexity index is 693. The Morgan fingerprint density at radius 2 is 2.00 bits per heavy atom. The molecule has 1 fully saturated rings. The van der Waals surface area contributed by atoms with Gasteiger partial charge in [-0.15, -0.1) is 0 Å². The van der Waals surface area contributed by atoms with Crippen LogP contribution in [0.5, 0.6) is 0 Å². The molecule has 0 bridgehead atoms. The van der Waals surface area contributed by atoms with E-state index in [1.165, 1.54) is 17.7 Å². The van der Waals surface area contributed by atoms with Gasteiger partial charge < -0.3 is 5.32 Å². The third-order valence-electron chi connectivity index (χ3n) is 3.94. The molecule has 0 aliphatic carbocycles. The normalized spacial score (nSPS) is 18.7. The van der Waals surface area contributed by atoms with Crippen molar-refractivity contribution < 1.29 is 9.18 Å². The molecule has 120 valence electrons. The molecule has 2 aromatic carbocycles. The molecular formula is C18H18ClFN2O. The minimum absolute atomic E-state index is 0.00964. The molecule has 0 spiro atoms. The number of carbonyl (C=O) groups excluding carboxylic acids is 1. The van der Waals surface area contributed by atoms with E-state index in [-0.39, 0.29) is 17.8 Å². The van der Waals surface area contributed by atoms with Crippen LogP contribution in [0.15, 0.2) is 48.5 Å². The molecule has 0 radical (unpaired) electrons. The number of nitrogens with one attached hydrogen (secondary N) is 1. The fraction of sp³-hybridized carbons (Fsp3) is 0.278. The second kappa shape index (κ2) is 7.11. The molecule has 3 rings (SSSR count). The van der Waals surface area contributed by atoms with Crippen LogP contribution < -0.4 is 5.32 Å². The predicted molar refractivity (Wildman–Crippen MR) is 88.8 cm³/mol. The van der Waals surface area contributed by atoms with Gasteiger partial charge in [-0.05, 0) is 29.7 Å². The Kier molecular flexibility index (Phi) is 4.94. The minimum Gasteiger partial charge on any atom is -0.351 e. The molecule has 1 saturated heterocycles. The molecule has 5 heteroatoms. The van der Waals surface area contributed by atoms with Crippen molar-refractivity contribution in [2.45, 2.75) is 19.0 Å². The summed E-state index contributed by atoms with van der Waals surface area (Å²) in [7, 11) is 0. The van der Waals surface area contributed by atoms with E-state index in [1.807, 2.05) is 23.1 Å². The summed E-state index contributed by atoms with van der Waals surface area (Å²) < 4.78 is 13.1. The number of hydrogen-bond donors (Lipinski definition) is 1. The van der Waals surface area contributed by atoms with Crippen LogP contribution in [0.25, 0.3) is 0 Å². The van der Waals surface area contributed by atoms with Gasteiger partial charge >= 0.3 is 0 Å². The molecular weight excluding hydrogens is 315 g/mol. The van der Waals surface area contributed by atoms with Crippen LogP contribution in [0, 0.1) is 5.82 Å². The lowest BCUT2D eigenvalue weighted by atomic mass is 10.0. The van der Waals surface area contributed by atoms with Crippen molar-refractivity contribution in [3.8, 4) is 0 Å². The fourth-order valence-electron chi connectivity index (χ4n) is 2.92. The average Bonchev–Trinajstić information content (AvgIpc) is 2.50. The lowest BCUT2D eigenvalue weighted by Gasteiger charge is -2.33. The lowest BCUT2D eigenvalue weighted by molar-refractivity contribution is -0.125. The van der Waals surface area contributed by atoms with Crippen LogP contribution in [-0.4, -0.2) is 29.9 Å². The Balaban J connectivity index is 1.67. The van der Waals surface area contributed by atoms with Gasteiger partial charge in [-0.1, -0.05) is 48.0 Å². The molecule has 1 heterocycles. The first-order valence-electron chi connectivity index (χ1n) is 7.60. The molecule has 1 N–H and O–H groups in total. The van der Waals surface area contributed by atoms with Gasteiger partial charge in [0.25, 0.3) is 0 Å². The van der Waals surface area contributed by atoms with E-state index < -0.39 is 0 Å². The van der Waals surface area contributed by atoms with Crippen LogP contribution in [0.2, 0.25) is 5.02 Å². The van der Waals surface area contributed by atoms with E-state index in [0.717, 1.165) is 18.5 Å². The van der Waals surface area contributed by atoms with Crippen molar-refractivity contribution in [1.82, 2.24) is 10.2 Å². The number of rotatable bonds is 4. The van der Waals surface area contributed by atoms with E-state index in [2.05, 4.69) is 17.4 Å². The first-order valence-corrected chi connectivity index (χ1v) is 7.97. The highest BCUT2D eigenvalue weighted by Gasteiger charge is 2.25. The summed E-state index contributed by atoms with van der Waals surface area (Å²) >= 11 is 6.08. The lowest BCUT2D eigenvalue weighted by Crippen LogP contribution is -2.54. The largest absolute Gasteiger partial charge is 0.351 e. The number of benzene rings is 2. The first-order chi connectivity index (χ1) is 11.1. The number of nitrogens with zero attached hydrogens (tertiary/aromatic N) is 1. The first kappa shape index (κ1) is 16.0. The standard InChI is InChI=1S/C18H18ClFN2O/c19-17-9-15(20)7-6-14(17)10-22-11-16(21-18(23)12-22)8-13-4-2-1-3-5-13/h1-7,9,16H,8,10-12H2,(H,21,23)/t16-/m0/s1. The number of carbonyl (C=O) groups is 1. The van der Waals surface area contributed by atoms with Gasteiger partial charge in [0, 0.05) is 24.2 Å². The Morgan fingerprint density at radius 1 is 1.22 bits per heavy atom. The maximum Gasteiger partial charge on any atom is 0.234 e. The molecule has 23 heavy (non-hydrogen) atoms. The van der Waals surface area contributed by atoms with Gasteiger partial charge in [0.2, 0.25) is 5.91 Å². The van der Waals surface area contributed by atoms with E-state index in [1.54, 1.807) is 6.07 Å². The van der Waals surface area contributed by atoms with Crippen molar-refractivity contribution in [2.24, 2.45) is 0 Å². The van der Waals surface area contributed by atoms with E-state index in [9.17, 15) is 9.18 Å². The molecule has 1 aliphatic heterocycles. The van der Waals surface area contributed by atoms with E-state index in [4.69, 9.17) is 11.6 Å². The van der Waals surface area contributed by atoms with Gasteiger partial charge in [0.1, 0.15) is 5.82 Å². The van der Waals surface area contributed by atoms with Gasteiger partial charge in [0.15, 0.2) is 0 Å². The zero-order chi connectivity index (χ0) is 16.2. The molecule has 2 aromatic rings. The van der Waals surface area contributed by atoms with Crippen molar-refractivity contribution in [3.63, 3.8) is 0 Å². The second-order valence-electron chi connectivity index (χ2n) is 5.86. The summed E-state index contributed by atoms with van der Waals surface area (Å²) in [6, 6.07) is 14.5. The zero-order valence-corrected chi connectivity index (χ0v) is 13.4. The van der Waals surface area contributed by atoms with Crippen LogP contribution in [0.4, 0.5) is 4.39 Å². The summed E-state index contributed by atoms with van der Waals surface area (Å²) in [5.74, 6) is -0.340. The summed E-state index contributed by atoms with van der Waals surface area (Å²) in [6.07, 6.45) is 0.792. The van der Waals surface area contributed by atoms with Crippen molar-refractivity contribution in [2.75, 3.05) is 13.1 Å². The quantitative estimate of drug-likeness (QED) is 0.933. The van der Waals surface area contributed by atoms with Crippen molar-refractivity contribution in [1.29, 1.82) is 0 Å². The molecule has 0 saturated carbocycles. The second-order valence-corrected chi connectivity index (χ2v) is 6.27. The molecule has 1 atom stereocenters. The Hall–Kier alpha value is -1.91. The van der Waals surface area contributed by atoms with Gasteiger partial charge in [0.05, 0.1) is 6.54 Å². The third kappa shape index (κ3) is 4.30. The summed E-state index contributed by atoms with van der Waals surface area (Å²) in [5.41, 5.74) is 2.03. The van der Waals surface area contributed by atoms with Crippen LogP contribution >= 0.6 is 11.6 Å². The summed E-state index contributed by atoms with van der Waals surface area (Å²) in [6.45, 7) is 1.62. The smallest absolute Gasteiger partial charge is 0.234 e. The molecule has 0 aromatic heterocycles. The maximum atomic E-state index is 13.1. The predicted octanol–water partition coefficient (Wildman–Crippen LogP) is 3.02. The number of piperazine rings is 1. The van der Waals surface area contributed by atoms with Crippen LogP contribution in [0.3, 0.4) is 0 Å². The van der Waals surface area contributed by atoms with Crippen LogP contribution in [-0.2, 0) is 17.8 Å². The summed E-state index contributed by atoms with van der Waals surface area (Å²) in [4.78, 5) is 14.0. The van der Waals surface area contributed by atoms with Gasteiger partial charge in [-0.3, -0.25) is 9.69 Å². The zero-order valence-electron chi connectivity index (χ0n) is 12.6. The monoisotopic (exact) mass is 332 g/mol. The third-order valence-corrected chi connectivity index (χ3v) is 4.30. The van der Waals surface area contributed by atoms with E-state index in [0.29, 0.717) is 18.1 Å². The van der Waals surface area contributed by atoms with E-state index >= 15 is 0 Å².